The highest BCUT2D eigenvalue weighted by molar-refractivity contribution is 5.52. The van der Waals surface area contributed by atoms with Gasteiger partial charge in [-0.25, -0.2) is 4.39 Å². The van der Waals surface area contributed by atoms with Gasteiger partial charge in [-0.3, -0.25) is 10.1 Å². The Morgan fingerprint density at radius 3 is 2.52 bits per heavy atom. The van der Waals surface area contributed by atoms with Crippen LogP contribution in [0.5, 0.6) is 0 Å². The highest BCUT2D eigenvalue weighted by Gasteiger charge is 2.32. The number of nitro benzene ring substituents is 1. The Kier molecular flexibility index (Phi) is 3.56. The number of hydrogen-bond donors (Lipinski definition) is 1. The van der Waals surface area contributed by atoms with E-state index in [1.807, 2.05) is 6.07 Å². The van der Waals surface area contributed by atoms with Crippen molar-refractivity contribution in [1.82, 2.24) is 0 Å². The lowest BCUT2D eigenvalue weighted by atomic mass is 10.0. The molecule has 1 N–H and O–H groups in total. The number of halogens is 1. The van der Waals surface area contributed by atoms with E-state index >= 15 is 0 Å². The van der Waals surface area contributed by atoms with Crippen LogP contribution >= 0.6 is 0 Å². The SMILES string of the molecule is O=[N+]([O-])c1cccc(NC(c2ccc(F)cc2)C2CC2)c1. The largest absolute Gasteiger partial charge is 0.378 e. The van der Waals surface area contributed by atoms with Crippen molar-refractivity contribution in [3.8, 4) is 0 Å². The molecule has 108 valence electrons. The van der Waals surface area contributed by atoms with Crippen LogP contribution in [0.4, 0.5) is 15.8 Å². The van der Waals surface area contributed by atoms with Crippen molar-refractivity contribution in [2.24, 2.45) is 5.92 Å². The van der Waals surface area contributed by atoms with Crippen molar-refractivity contribution >= 4 is 11.4 Å². The fourth-order valence-electron chi connectivity index (χ4n) is 2.46. The van der Waals surface area contributed by atoms with Crippen LogP contribution in [0, 0.1) is 21.8 Å². The molecule has 1 aliphatic carbocycles. The maximum atomic E-state index is 13.0. The van der Waals surface area contributed by atoms with Gasteiger partial charge in [-0.2, -0.15) is 0 Å². The molecule has 21 heavy (non-hydrogen) atoms. The molecule has 2 aromatic carbocycles. The van der Waals surface area contributed by atoms with Crippen LogP contribution in [0.15, 0.2) is 48.5 Å². The first-order valence-electron chi connectivity index (χ1n) is 6.90. The van der Waals surface area contributed by atoms with E-state index in [9.17, 15) is 14.5 Å². The van der Waals surface area contributed by atoms with Crippen molar-refractivity contribution in [1.29, 1.82) is 0 Å². The fourth-order valence-corrected chi connectivity index (χ4v) is 2.46. The molecule has 1 atom stereocenters. The van der Waals surface area contributed by atoms with Crippen molar-refractivity contribution in [3.05, 3.63) is 70.0 Å². The standard InChI is InChI=1S/C16H15FN2O2/c17-13-8-6-12(7-9-13)16(11-4-5-11)18-14-2-1-3-15(10-14)19(20)21/h1-3,6-11,16,18H,4-5H2. The molecule has 0 bridgehead atoms. The molecule has 0 radical (unpaired) electrons. The second-order valence-corrected chi connectivity index (χ2v) is 5.32. The van der Waals surface area contributed by atoms with Gasteiger partial charge in [-0.05, 0) is 42.5 Å². The Labute approximate surface area is 121 Å². The smallest absolute Gasteiger partial charge is 0.271 e. The average Bonchev–Trinajstić information content (AvgIpc) is 3.31. The number of rotatable bonds is 5. The zero-order chi connectivity index (χ0) is 14.8. The summed E-state index contributed by atoms with van der Waals surface area (Å²) in [5.74, 6) is 0.235. The first kappa shape index (κ1) is 13.5. The summed E-state index contributed by atoms with van der Waals surface area (Å²) in [6, 6.07) is 13.0. The van der Waals surface area contributed by atoms with Crippen LogP contribution in [-0.4, -0.2) is 4.92 Å². The average molecular weight is 286 g/mol. The van der Waals surface area contributed by atoms with Gasteiger partial charge in [0.2, 0.25) is 0 Å². The van der Waals surface area contributed by atoms with Crippen molar-refractivity contribution in [2.45, 2.75) is 18.9 Å². The Morgan fingerprint density at radius 1 is 1.19 bits per heavy atom. The number of nitrogens with zero attached hydrogens (tertiary/aromatic N) is 1. The Morgan fingerprint density at radius 2 is 1.90 bits per heavy atom. The van der Waals surface area contributed by atoms with E-state index in [0.29, 0.717) is 11.6 Å². The number of benzene rings is 2. The van der Waals surface area contributed by atoms with Crippen LogP contribution in [0.25, 0.3) is 0 Å². The highest BCUT2D eigenvalue weighted by atomic mass is 19.1. The van der Waals surface area contributed by atoms with Gasteiger partial charge in [0, 0.05) is 17.8 Å². The van der Waals surface area contributed by atoms with Crippen LogP contribution < -0.4 is 5.32 Å². The number of nitro groups is 1. The molecular formula is C16H15FN2O2. The lowest BCUT2D eigenvalue weighted by Gasteiger charge is -2.20. The Hall–Kier alpha value is -2.43. The second-order valence-electron chi connectivity index (χ2n) is 5.32. The van der Waals surface area contributed by atoms with Crippen LogP contribution in [0.1, 0.15) is 24.4 Å². The van der Waals surface area contributed by atoms with Crippen molar-refractivity contribution < 1.29 is 9.31 Å². The molecule has 0 saturated heterocycles. The molecule has 1 unspecified atom stereocenters. The lowest BCUT2D eigenvalue weighted by Crippen LogP contribution is -2.13. The maximum absolute atomic E-state index is 13.0. The molecule has 2 aromatic rings. The van der Waals surface area contributed by atoms with Gasteiger partial charge in [0.25, 0.3) is 5.69 Å². The van der Waals surface area contributed by atoms with E-state index in [2.05, 4.69) is 5.32 Å². The maximum Gasteiger partial charge on any atom is 0.271 e. The van der Waals surface area contributed by atoms with E-state index in [1.165, 1.54) is 24.3 Å². The zero-order valence-corrected chi connectivity index (χ0v) is 11.3. The Bertz CT molecular complexity index is 654. The van der Waals surface area contributed by atoms with Gasteiger partial charge >= 0.3 is 0 Å². The lowest BCUT2D eigenvalue weighted by molar-refractivity contribution is -0.384. The molecule has 4 nitrogen and oxygen atoms in total. The predicted molar refractivity (Wildman–Crippen MR) is 78.6 cm³/mol. The quantitative estimate of drug-likeness (QED) is 0.658. The first-order valence-corrected chi connectivity index (χ1v) is 6.90. The minimum Gasteiger partial charge on any atom is -0.378 e. The van der Waals surface area contributed by atoms with Gasteiger partial charge in [0.05, 0.1) is 11.0 Å². The number of hydrogen-bond acceptors (Lipinski definition) is 3. The van der Waals surface area contributed by atoms with Crippen molar-refractivity contribution in [2.75, 3.05) is 5.32 Å². The molecule has 1 aliphatic rings. The van der Waals surface area contributed by atoms with E-state index in [0.717, 1.165) is 18.4 Å². The summed E-state index contributed by atoms with van der Waals surface area (Å²) in [6.45, 7) is 0. The van der Waals surface area contributed by atoms with Gasteiger partial charge in [-0.15, -0.1) is 0 Å². The third kappa shape index (κ3) is 3.18. The van der Waals surface area contributed by atoms with E-state index in [4.69, 9.17) is 0 Å². The normalized spacial score (nSPS) is 15.5. The highest BCUT2D eigenvalue weighted by Crippen LogP contribution is 2.43. The molecule has 0 amide bonds. The third-order valence-electron chi connectivity index (χ3n) is 3.70. The zero-order valence-electron chi connectivity index (χ0n) is 11.3. The first-order chi connectivity index (χ1) is 10.1. The van der Waals surface area contributed by atoms with Crippen LogP contribution in [0.3, 0.4) is 0 Å². The number of non-ortho nitro benzene ring substituents is 1. The van der Waals surface area contributed by atoms with Gasteiger partial charge in [0.15, 0.2) is 0 Å². The predicted octanol–water partition coefficient (Wildman–Crippen LogP) is 4.30. The molecule has 0 aromatic heterocycles. The second kappa shape index (κ2) is 5.52. The van der Waals surface area contributed by atoms with Crippen LogP contribution in [-0.2, 0) is 0 Å². The minimum atomic E-state index is -0.408. The Balaban J connectivity index is 1.84. The summed E-state index contributed by atoms with van der Waals surface area (Å²) in [6.07, 6.45) is 2.23. The molecule has 3 rings (SSSR count). The monoisotopic (exact) mass is 286 g/mol. The third-order valence-corrected chi connectivity index (χ3v) is 3.70. The molecule has 1 fully saturated rings. The minimum absolute atomic E-state index is 0.0626. The van der Waals surface area contributed by atoms with Gasteiger partial charge in [0.1, 0.15) is 5.82 Å². The summed E-state index contributed by atoms with van der Waals surface area (Å²) in [5.41, 5.74) is 1.78. The molecular weight excluding hydrogens is 271 g/mol. The molecule has 5 heteroatoms. The summed E-state index contributed by atoms with van der Waals surface area (Å²) >= 11 is 0. The topological polar surface area (TPSA) is 55.2 Å². The summed E-state index contributed by atoms with van der Waals surface area (Å²) in [7, 11) is 0. The van der Waals surface area contributed by atoms with E-state index < -0.39 is 4.92 Å². The summed E-state index contributed by atoms with van der Waals surface area (Å²) in [5, 5.41) is 14.2. The summed E-state index contributed by atoms with van der Waals surface area (Å²) in [4.78, 5) is 10.4. The van der Waals surface area contributed by atoms with Gasteiger partial charge < -0.3 is 5.32 Å². The number of anilines is 1. The molecule has 1 saturated carbocycles. The molecule has 0 aliphatic heterocycles. The molecule has 0 heterocycles. The van der Waals surface area contributed by atoms with E-state index in [-0.39, 0.29) is 17.5 Å². The number of nitrogens with one attached hydrogen (secondary N) is 1. The summed E-state index contributed by atoms with van der Waals surface area (Å²) < 4.78 is 13.0. The van der Waals surface area contributed by atoms with E-state index in [1.54, 1.807) is 18.2 Å². The van der Waals surface area contributed by atoms with Crippen LogP contribution in [0.2, 0.25) is 0 Å². The molecule has 0 spiro atoms. The fraction of sp³-hybridized carbons (Fsp3) is 0.250. The van der Waals surface area contributed by atoms with Gasteiger partial charge in [-0.1, -0.05) is 18.2 Å². The van der Waals surface area contributed by atoms with Crippen molar-refractivity contribution in [3.63, 3.8) is 0 Å².